The lowest BCUT2D eigenvalue weighted by molar-refractivity contribution is -0.133. The first-order valence-electron chi connectivity index (χ1n) is 10.9. The highest BCUT2D eigenvalue weighted by Crippen LogP contribution is 2.12. The van der Waals surface area contributed by atoms with Crippen molar-refractivity contribution in [2.75, 3.05) is 31.5 Å². The number of nitrogens with zero attached hydrogens (tertiary/aromatic N) is 5. The van der Waals surface area contributed by atoms with E-state index in [9.17, 15) is 9.59 Å². The van der Waals surface area contributed by atoms with Crippen LogP contribution in [0.15, 0.2) is 36.4 Å². The van der Waals surface area contributed by atoms with E-state index in [1.54, 1.807) is 28.8 Å². The standard InChI is InChI=1S/C22H26ClN7O2/c23-17-6-3-5-16(15-17)22(32)25-12-10-20-27-26-19-9-8-18(28-30(19)20)24-11-4-14-29-13-2-1-7-21(29)31/h3,5-6,8-9,15H,1-2,4,7,10-14H2,(H,24,28)(H,25,32). The lowest BCUT2D eigenvalue weighted by Gasteiger charge is -2.26. The molecule has 1 aliphatic heterocycles. The van der Waals surface area contributed by atoms with Gasteiger partial charge in [-0.1, -0.05) is 17.7 Å². The molecule has 10 heteroatoms. The number of amides is 2. The Balaban J connectivity index is 1.28. The van der Waals surface area contributed by atoms with Crippen molar-refractivity contribution in [3.63, 3.8) is 0 Å². The predicted octanol–water partition coefficient (Wildman–Crippen LogP) is 2.56. The van der Waals surface area contributed by atoms with Gasteiger partial charge in [0.1, 0.15) is 5.82 Å². The molecule has 9 nitrogen and oxygen atoms in total. The van der Waals surface area contributed by atoms with Crippen molar-refractivity contribution in [2.45, 2.75) is 32.1 Å². The first kappa shape index (κ1) is 22.0. The quantitative estimate of drug-likeness (QED) is 0.480. The van der Waals surface area contributed by atoms with Crippen molar-refractivity contribution in [1.82, 2.24) is 30.0 Å². The number of benzene rings is 1. The third-order valence-electron chi connectivity index (χ3n) is 5.38. The van der Waals surface area contributed by atoms with Crippen LogP contribution in [0, 0.1) is 0 Å². The molecule has 1 saturated heterocycles. The molecule has 0 bridgehead atoms. The van der Waals surface area contributed by atoms with E-state index in [1.165, 1.54) is 0 Å². The Morgan fingerprint density at radius 1 is 1.12 bits per heavy atom. The summed E-state index contributed by atoms with van der Waals surface area (Å²) in [6.45, 7) is 2.74. The van der Waals surface area contributed by atoms with Crippen molar-refractivity contribution >= 4 is 34.9 Å². The molecule has 1 aromatic carbocycles. The van der Waals surface area contributed by atoms with Crippen LogP contribution in [0.25, 0.3) is 5.65 Å². The van der Waals surface area contributed by atoms with E-state index in [0.717, 1.165) is 38.9 Å². The van der Waals surface area contributed by atoms with E-state index in [-0.39, 0.29) is 11.8 Å². The monoisotopic (exact) mass is 455 g/mol. The fraction of sp³-hybridized carbons (Fsp3) is 0.409. The maximum Gasteiger partial charge on any atom is 0.251 e. The zero-order valence-corrected chi connectivity index (χ0v) is 18.5. The SMILES string of the molecule is O=C(NCCc1nnc2ccc(NCCCN3CCCCC3=O)nn12)c1cccc(Cl)c1. The molecule has 1 aliphatic rings. The number of carbonyl (C=O) groups is 2. The van der Waals surface area contributed by atoms with Crippen LogP contribution in [0.4, 0.5) is 5.82 Å². The van der Waals surface area contributed by atoms with Crippen LogP contribution in [-0.2, 0) is 11.2 Å². The van der Waals surface area contributed by atoms with Gasteiger partial charge in [0.2, 0.25) is 5.91 Å². The van der Waals surface area contributed by atoms with E-state index < -0.39 is 0 Å². The molecule has 1 fully saturated rings. The second-order valence-corrected chi connectivity index (χ2v) is 8.18. The van der Waals surface area contributed by atoms with Crippen molar-refractivity contribution < 1.29 is 9.59 Å². The van der Waals surface area contributed by atoms with Gasteiger partial charge in [0, 0.05) is 49.6 Å². The lowest BCUT2D eigenvalue weighted by atomic mass is 10.1. The normalized spacial score (nSPS) is 14.0. The van der Waals surface area contributed by atoms with Gasteiger partial charge in [0.25, 0.3) is 5.91 Å². The van der Waals surface area contributed by atoms with Crippen molar-refractivity contribution in [3.8, 4) is 0 Å². The summed E-state index contributed by atoms with van der Waals surface area (Å²) < 4.78 is 1.68. The molecule has 3 aromatic rings. The minimum absolute atomic E-state index is 0.191. The third kappa shape index (κ3) is 5.53. The maximum atomic E-state index is 12.3. The van der Waals surface area contributed by atoms with Crippen molar-refractivity contribution in [3.05, 3.63) is 52.8 Å². The molecular formula is C22H26ClN7O2. The number of rotatable bonds is 9. The lowest BCUT2D eigenvalue weighted by Crippen LogP contribution is -2.36. The molecule has 4 rings (SSSR count). The van der Waals surface area contributed by atoms with E-state index in [2.05, 4.69) is 25.9 Å². The minimum atomic E-state index is -0.191. The Bertz CT molecular complexity index is 1100. The van der Waals surface area contributed by atoms with Crippen LogP contribution in [0.3, 0.4) is 0 Å². The Labute approximate surface area is 191 Å². The number of halogens is 1. The van der Waals surface area contributed by atoms with Gasteiger partial charge in [-0.05, 0) is 49.6 Å². The smallest absolute Gasteiger partial charge is 0.251 e. The van der Waals surface area contributed by atoms with Crippen LogP contribution in [0.1, 0.15) is 41.9 Å². The van der Waals surface area contributed by atoms with Crippen molar-refractivity contribution in [2.24, 2.45) is 0 Å². The third-order valence-corrected chi connectivity index (χ3v) is 5.62. The molecule has 0 spiro atoms. The molecule has 32 heavy (non-hydrogen) atoms. The highest BCUT2D eigenvalue weighted by molar-refractivity contribution is 6.30. The van der Waals surface area contributed by atoms with Crippen LogP contribution < -0.4 is 10.6 Å². The molecule has 2 N–H and O–H groups in total. The minimum Gasteiger partial charge on any atom is -0.369 e. The highest BCUT2D eigenvalue weighted by Gasteiger charge is 2.17. The van der Waals surface area contributed by atoms with Gasteiger partial charge < -0.3 is 15.5 Å². The van der Waals surface area contributed by atoms with Crippen molar-refractivity contribution in [1.29, 1.82) is 0 Å². The molecule has 0 saturated carbocycles. The topological polar surface area (TPSA) is 105 Å². The van der Waals surface area contributed by atoms with E-state index in [4.69, 9.17) is 11.6 Å². The van der Waals surface area contributed by atoms with Gasteiger partial charge in [-0.3, -0.25) is 9.59 Å². The molecule has 168 valence electrons. The molecule has 0 radical (unpaired) electrons. The summed E-state index contributed by atoms with van der Waals surface area (Å²) in [5, 5.41) is 19.6. The molecular weight excluding hydrogens is 430 g/mol. The largest absolute Gasteiger partial charge is 0.369 e. The number of piperidine rings is 1. The number of likely N-dealkylation sites (tertiary alicyclic amines) is 1. The molecule has 2 aromatic heterocycles. The van der Waals surface area contributed by atoms with Crippen LogP contribution in [-0.4, -0.2) is 62.7 Å². The van der Waals surface area contributed by atoms with Gasteiger partial charge >= 0.3 is 0 Å². The number of carbonyl (C=O) groups excluding carboxylic acids is 2. The average Bonchev–Trinajstić information content (AvgIpc) is 3.20. The fourth-order valence-electron chi connectivity index (χ4n) is 3.69. The van der Waals surface area contributed by atoms with Gasteiger partial charge in [-0.2, -0.15) is 4.52 Å². The van der Waals surface area contributed by atoms with Crippen LogP contribution in [0.2, 0.25) is 5.02 Å². The van der Waals surface area contributed by atoms with E-state index in [0.29, 0.717) is 47.3 Å². The summed E-state index contributed by atoms with van der Waals surface area (Å²) in [5.41, 5.74) is 1.16. The summed E-state index contributed by atoms with van der Waals surface area (Å²) in [6, 6.07) is 10.5. The van der Waals surface area contributed by atoms with E-state index >= 15 is 0 Å². The second kappa shape index (κ2) is 10.4. The molecule has 3 heterocycles. The number of aromatic nitrogens is 4. The summed E-state index contributed by atoms with van der Waals surface area (Å²) in [4.78, 5) is 26.1. The second-order valence-electron chi connectivity index (χ2n) is 7.74. The van der Waals surface area contributed by atoms with Gasteiger partial charge in [-0.15, -0.1) is 15.3 Å². The summed E-state index contributed by atoms with van der Waals surface area (Å²) in [6.07, 6.45) is 4.11. The Hall–Kier alpha value is -3.20. The number of hydrogen-bond acceptors (Lipinski definition) is 6. The van der Waals surface area contributed by atoms with Crippen LogP contribution in [0.5, 0.6) is 0 Å². The zero-order valence-electron chi connectivity index (χ0n) is 17.8. The summed E-state index contributed by atoms with van der Waals surface area (Å²) in [7, 11) is 0. The van der Waals surface area contributed by atoms with Gasteiger partial charge in [-0.25, -0.2) is 0 Å². The number of fused-ring (bicyclic) bond motifs is 1. The highest BCUT2D eigenvalue weighted by atomic mass is 35.5. The van der Waals surface area contributed by atoms with Gasteiger partial charge in [0.15, 0.2) is 11.5 Å². The van der Waals surface area contributed by atoms with E-state index in [1.807, 2.05) is 17.0 Å². The Morgan fingerprint density at radius 3 is 2.88 bits per heavy atom. The maximum absolute atomic E-state index is 12.3. The Morgan fingerprint density at radius 2 is 2.03 bits per heavy atom. The fourth-order valence-corrected chi connectivity index (χ4v) is 3.88. The molecule has 0 atom stereocenters. The number of hydrogen-bond donors (Lipinski definition) is 2. The molecule has 0 aliphatic carbocycles. The van der Waals surface area contributed by atoms with Gasteiger partial charge in [0.05, 0.1) is 0 Å². The molecule has 0 unspecified atom stereocenters. The summed E-state index contributed by atoms with van der Waals surface area (Å²) >= 11 is 5.94. The number of nitrogens with one attached hydrogen (secondary N) is 2. The first-order valence-corrected chi connectivity index (χ1v) is 11.2. The predicted molar refractivity (Wildman–Crippen MR) is 122 cm³/mol. The summed E-state index contributed by atoms with van der Waals surface area (Å²) in [5.74, 6) is 1.44. The Kier molecular flexibility index (Phi) is 7.16. The zero-order chi connectivity index (χ0) is 22.3. The van der Waals surface area contributed by atoms with Crippen LogP contribution >= 0.6 is 11.6 Å². The number of anilines is 1. The first-order chi connectivity index (χ1) is 15.6. The molecule has 2 amide bonds. The average molecular weight is 456 g/mol.